The Kier molecular flexibility index (Phi) is 8.62. The highest BCUT2D eigenvalue weighted by molar-refractivity contribution is 7.09. The van der Waals surface area contributed by atoms with E-state index in [1.165, 1.54) is 31.3 Å². The van der Waals surface area contributed by atoms with Gasteiger partial charge in [0.15, 0.2) is 17.2 Å². The molecule has 0 unspecified atom stereocenters. The second-order valence-corrected chi connectivity index (χ2v) is 9.46. The van der Waals surface area contributed by atoms with Crippen LogP contribution >= 0.6 is 11.5 Å². The number of carbonyl (C=O) groups excluding carboxylic acids is 3. The van der Waals surface area contributed by atoms with Crippen LogP contribution in [0.15, 0.2) is 42.5 Å². The molecule has 0 bridgehead atoms. The van der Waals surface area contributed by atoms with Crippen LogP contribution in [-0.2, 0) is 9.53 Å². The lowest BCUT2D eigenvalue weighted by Crippen LogP contribution is -2.45. The molecular formula is C26H28FN5O6S. The van der Waals surface area contributed by atoms with E-state index < -0.39 is 29.6 Å². The molecule has 0 radical (unpaired) electrons. The van der Waals surface area contributed by atoms with Crippen molar-refractivity contribution in [3.8, 4) is 11.5 Å². The summed E-state index contributed by atoms with van der Waals surface area (Å²) in [5.74, 6) is -1.97. The highest BCUT2D eigenvalue weighted by atomic mass is 32.1. The van der Waals surface area contributed by atoms with Crippen LogP contribution in [0.2, 0.25) is 0 Å². The second-order valence-electron chi connectivity index (χ2n) is 8.69. The van der Waals surface area contributed by atoms with Gasteiger partial charge >= 0.3 is 0 Å². The fraction of sp³-hybridized carbons (Fsp3) is 0.308. The molecule has 2 atom stereocenters. The van der Waals surface area contributed by atoms with Crippen LogP contribution in [0, 0.1) is 5.82 Å². The van der Waals surface area contributed by atoms with Crippen LogP contribution in [0.5, 0.6) is 11.5 Å². The molecule has 2 aromatic carbocycles. The molecule has 0 saturated carbocycles. The topological polar surface area (TPSA) is 159 Å². The number of halogens is 1. The van der Waals surface area contributed by atoms with Crippen LogP contribution in [0.3, 0.4) is 0 Å². The Hall–Kier alpha value is -4.23. The number of primary amides is 1. The van der Waals surface area contributed by atoms with Gasteiger partial charge < -0.3 is 31.0 Å². The monoisotopic (exact) mass is 557 g/mol. The Labute approximate surface area is 228 Å². The first-order valence-corrected chi connectivity index (χ1v) is 12.8. The van der Waals surface area contributed by atoms with Gasteiger partial charge in [-0.1, -0.05) is 6.07 Å². The maximum Gasteiger partial charge on any atom is 0.273 e. The lowest BCUT2D eigenvalue weighted by atomic mass is 10.0. The molecule has 1 aromatic heterocycles. The van der Waals surface area contributed by atoms with Crippen molar-refractivity contribution in [1.82, 2.24) is 9.69 Å². The first-order chi connectivity index (χ1) is 18.7. The van der Waals surface area contributed by atoms with E-state index in [4.69, 9.17) is 25.7 Å². The Morgan fingerprint density at radius 1 is 1.18 bits per heavy atom. The SMILES string of the molecule is COc1ccc([C@H](C(=O)NC[C@H]2CCCO2)N(C(=O)c2snc(C(N)=O)c2N)c2ccc(F)cc2)cc1OC. The number of nitrogens with one attached hydrogen (secondary N) is 1. The molecule has 11 nitrogen and oxygen atoms in total. The number of methoxy groups -OCH3 is 2. The minimum absolute atomic E-state index is 0.106. The number of hydrogen-bond donors (Lipinski definition) is 3. The number of ether oxygens (including phenoxy) is 3. The van der Waals surface area contributed by atoms with E-state index >= 15 is 0 Å². The van der Waals surface area contributed by atoms with Crippen LogP contribution in [0.25, 0.3) is 0 Å². The van der Waals surface area contributed by atoms with Crippen molar-refractivity contribution >= 4 is 40.6 Å². The molecule has 13 heteroatoms. The van der Waals surface area contributed by atoms with Crippen LogP contribution in [0.1, 0.15) is 44.6 Å². The minimum atomic E-state index is -1.28. The summed E-state index contributed by atoms with van der Waals surface area (Å²) in [6.45, 7) is 0.829. The molecule has 4 rings (SSSR count). The summed E-state index contributed by atoms with van der Waals surface area (Å²) in [5, 5.41) is 2.87. The van der Waals surface area contributed by atoms with Gasteiger partial charge in [-0.15, -0.1) is 0 Å². The van der Waals surface area contributed by atoms with Crippen molar-refractivity contribution in [1.29, 1.82) is 0 Å². The van der Waals surface area contributed by atoms with Crippen molar-refractivity contribution in [3.63, 3.8) is 0 Å². The number of carbonyl (C=O) groups is 3. The predicted molar refractivity (Wildman–Crippen MR) is 143 cm³/mol. The van der Waals surface area contributed by atoms with Crippen LogP contribution < -0.4 is 31.2 Å². The van der Waals surface area contributed by atoms with Gasteiger partial charge in [-0.2, -0.15) is 4.37 Å². The van der Waals surface area contributed by atoms with Gasteiger partial charge in [-0.3, -0.25) is 19.3 Å². The van der Waals surface area contributed by atoms with Crippen LogP contribution in [-0.4, -0.2) is 55.6 Å². The fourth-order valence-electron chi connectivity index (χ4n) is 4.28. The molecule has 3 aromatic rings. The average molecular weight is 558 g/mol. The molecule has 2 heterocycles. The zero-order chi connectivity index (χ0) is 28.1. The number of benzene rings is 2. The third-order valence-corrected chi connectivity index (χ3v) is 7.09. The highest BCUT2D eigenvalue weighted by Gasteiger charge is 2.37. The van der Waals surface area contributed by atoms with Crippen LogP contribution in [0.4, 0.5) is 15.8 Å². The summed E-state index contributed by atoms with van der Waals surface area (Å²) >= 11 is 0.673. The molecule has 1 fully saturated rings. The average Bonchev–Trinajstić information content (AvgIpc) is 3.60. The van der Waals surface area contributed by atoms with Gasteiger partial charge in [0.25, 0.3) is 11.8 Å². The summed E-state index contributed by atoms with van der Waals surface area (Å²) in [6, 6.07) is 8.57. The molecule has 39 heavy (non-hydrogen) atoms. The maximum atomic E-state index is 14.1. The smallest absolute Gasteiger partial charge is 0.273 e. The predicted octanol–water partition coefficient (Wildman–Crippen LogP) is 2.66. The molecule has 1 aliphatic heterocycles. The lowest BCUT2D eigenvalue weighted by Gasteiger charge is -2.32. The molecule has 5 N–H and O–H groups in total. The van der Waals surface area contributed by atoms with E-state index in [-0.39, 0.29) is 34.6 Å². The minimum Gasteiger partial charge on any atom is -0.493 e. The molecule has 0 spiro atoms. The molecule has 206 valence electrons. The lowest BCUT2D eigenvalue weighted by molar-refractivity contribution is -0.123. The molecular weight excluding hydrogens is 529 g/mol. The number of nitrogen functional groups attached to an aromatic ring is 1. The van der Waals surface area contributed by atoms with E-state index in [1.54, 1.807) is 18.2 Å². The number of nitrogens with two attached hydrogens (primary N) is 2. The summed E-state index contributed by atoms with van der Waals surface area (Å²) in [6.07, 6.45) is 1.51. The van der Waals surface area contributed by atoms with Gasteiger partial charge in [0.05, 0.1) is 26.0 Å². The van der Waals surface area contributed by atoms with E-state index in [1.807, 2.05) is 0 Å². The van der Waals surface area contributed by atoms with Gasteiger partial charge in [0, 0.05) is 18.8 Å². The van der Waals surface area contributed by atoms with E-state index in [0.717, 1.165) is 25.0 Å². The number of rotatable bonds is 10. The first kappa shape index (κ1) is 27.8. The van der Waals surface area contributed by atoms with Gasteiger partial charge in [0.1, 0.15) is 16.7 Å². The summed E-state index contributed by atoms with van der Waals surface area (Å²) < 4.78 is 34.2. The summed E-state index contributed by atoms with van der Waals surface area (Å²) in [4.78, 5) is 40.7. The molecule has 0 aliphatic carbocycles. The highest BCUT2D eigenvalue weighted by Crippen LogP contribution is 2.36. The van der Waals surface area contributed by atoms with E-state index in [0.29, 0.717) is 35.2 Å². The van der Waals surface area contributed by atoms with E-state index in [9.17, 15) is 18.8 Å². The molecule has 1 aliphatic rings. The zero-order valence-electron chi connectivity index (χ0n) is 21.3. The van der Waals surface area contributed by atoms with Crippen molar-refractivity contribution in [2.45, 2.75) is 25.0 Å². The normalized spacial score (nSPS) is 15.4. The van der Waals surface area contributed by atoms with Crippen molar-refractivity contribution in [2.75, 3.05) is 38.0 Å². The number of nitrogens with zero attached hydrogens (tertiary/aromatic N) is 2. The van der Waals surface area contributed by atoms with E-state index in [2.05, 4.69) is 9.69 Å². The number of amides is 3. The Morgan fingerprint density at radius 2 is 1.90 bits per heavy atom. The second kappa shape index (κ2) is 12.1. The number of aromatic nitrogens is 1. The summed E-state index contributed by atoms with van der Waals surface area (Å²) in [5.41, 5.74) is 11.5. The molecule has 1 saturated heterocycles. The zero-order valence-corrected chi connectivity index (χ0v) is 22.1. The Morgan fingerprint density at radius 3 is 2.49 bits per heavy atom. The quantitative estimate of drug-likeness (QED) is 0.343. The maximum absolute atomic E-state index is 14.1. The number of anilines is 2. The Balaban J connectivity index is 1.85. The van der Waals surface area contributed by atoms with Crippen molar-refractivity contribution in [3.05, 3.63) is 64.4 Å². The standard InChI is InChI=1S/C26H28FN5O6S/c1-36-18-10-5-14(12-19(18)37-2)22(25(34)30-13-17-4-3-11-38-17)32(16-8-6-15(27)7-9-16)26(35)23-20(28)21(24(29)33)31-39-23/h5-10,12,17,22H,3-4,11,13,28H2,1-2H3,(H2,29,33)(H,30,34)/t17-,22-/m1/s1. The fourth-order valence-corrected chi connectivity index (χ4v) is 5.02. The third kappa shape index (κ3) is 5.94. The molecule has 3 amide bonds. The Bertz CT molecular complexity index is 1360. The first-order valence-electron chi connectivity index (χ1n) is 12.0. The third-order valence-electron chi connectivity index (χ3n) is 6.24. The largest absolute Gasteiger partial charge is 0.493 e. The van der Waals surface area contributed by atoms with Gasteiger partial charge in [0.2, 0.25) is 5.91 Å². The van der Waals surface area contributed by atoms with Gasteiger partial charge in [-0.25, -0.2) is 4.39 Å². The van der Waals surface area contributed by atoms with Crippen molar-refractivity contribution in [2.24, 2.45) is 5.73 Å². The van der Waals surface area contributed by atoms with Crippen molar-refractivity contribution < 1.29 is 33.0 Å². The summed E-state index contributed by atoms with van der Waals surface area (Å²) in [7, 11) is 2.92. The number of hydrogen-bond acceptors (Lipinski definition) is 9. The van der Waals surface area contributed by atoms with Gasteiger partial charge in [-0.05, 0) is 66.3 Å².